The van der Waals surface area contributed by atoms with E-state index in [1.54, 1.807) is 0 Å². The third kappa shape index (κ3) is 4.60. The van der Waals surface area contributed by atoms with Crippen LogP contribution in [0.1, 0.15) is 27.9 Å². The molecule has 0 atom stereocenters. The van der Waals surface area contributed by atoms with Crippen LogP contribution in [0.2, 0.25) is 0 Å². The van der Waals surface area contributed by atoms with E-state index >= 15 is 0 Å². The van der Waals surface area contributed by atoms with Crippen molar-refractivity contribution < 1.29 is 39.6 Å². The van der Waals surface area contributed by atoms with Gasteiger partial charge in [-0.1, -0.05) is 18.3 Å². The van der Waals surface area contributed by atoms with Crippen molar-refractivity contribution in [3.8, 4) is 0 Å². The standard InChI is InChI=1S/C14H11F6N3O3S2/c1-3-28(25,26)9-6-7(13(15,16)17)4-5-8(9)10(24)21-12-23(2)22-11(27-12)14(18,19)20/h4-6H,3H2,1-2H3/b21-12-. The molecule has 28 heavy (non-hydrogen) atoms. The molecule has 14 heteroatoms. The molecule has 2 rings (SSSR count). The molecule has 0 aliphatic heterocycles. The first-order chi connectivity index (χ1) is 12.7. The molecule has 1 aromatic carbocycles. The van der Waals surface area contributed by atoms with Crippen molar-refractivity contribution >= 4 is 27.1 Å². The van der Waals surface area contributed by atoms with Crippen LogP contribution in [0.3, 0.4) is 0 Å². The Balaban J connectivity index is 2.65. The lowest BCUT2D eigenvalue weighted by Gasteiger charge is -2.11. The van der Waals surface area contributed by atoms with Gasteiger partial charge in [0.05, 0.1) is 21.8 Å². The van der Waals surface area contributed by atoms with Crippen LogP contribution in [0.4, 0.5) is 26.3 Å². The fourth-order valence-corrected chi connectivity index (χ4v) is 3.86. The van der Waals surface area contributed by atoms with Gasteiger partial charge >= 0.3 is 12.4 Å². The van der Waals surface area contributed by atoms with Crippen molar-refractivity contribution in [3.05, 3.63) is 39.1 Å². The maximum absolute atomic E-state index is 12.9. The molecule has 0 saturated carbocycles. The number of carbonyl (C=O) groups is 1. The molecule has 0 aliphatic carbocycles. The molecule has 0 saturated heterocycles. The van der Waals surface area contributed by atoms with Crippen LogP contribution in [0.25, 0.3) is 0 Å². The van der Waals surface area contributed by atoms with Crippen LogP contribution in [0.5, 0.6) is 0 Å². The summed E-state index contributed by atoms with van der Waals surface area (Å²) in [5.41, 5.74) is -1.98. The summed E-state index contributed by atoms with van der Waals surface area (Å²) in [4.78, 5) is 14.3. The minimum Gasteiger partial charge on any atom is -0.267 e. The van der Waals surface area contributed by atoms with Crippen molar-refractivity contribution in [1.82, 2.24) is 9.78 Å². The number of hydrogen-bond donors (Lipinski definition) is 0. The highest BCUT2D eigenvalue weighted by Crippen LogP contribution is 2.32. The first-order valence-corrected chi connectivity index (χ1v) is 9.78. The number of sulfone groups is 1. The molecule has 154 valence electrons. The molecule has 2 aromatic rings. The number of benzene rings is 1. The molecule has 6 nitrogen and oxygen atoms in total. The molecule has 0 radical (unpaired) electrons. The second kappa shape index (κ2) is 7.31. The summed E-state index contributed by atoms with van der Waals surface area (Å²) in [7, 11) is -3.18. The van der Waals surface area contributed by atoms with E-state index in [1.807, 2.05) is 0 Å². The molecule has 0 N–H and O–H groups in total. The molecule has 1 aromatic heterocycles. The third-order valence-electron chi connectivity index (χ3n) is 3.40. The number of carbonyl (C=O) groups excluding carboxylic acids is 1. The highest BCUT2D eigenvalue weighted by atomic mass is 32.2. The van der Waals surface area contributed by atoms with E-state index in [9.17, 15) is 39.6 Å². The summed E-state index contributed by atoms with van der Waals surface area (Å²) < 4.78 is 102. The number of alkyl halides is 6. The van der Waals surface area contributed by atoms with Crippen molar-refractivity contribution in [2.45, 2.75) is 24.2 Å². The van der Waals surface area contributed by atoms with E-state index in [4.69, 9.17) is 0 Å². The van der Waals surface area contributed by atoms with Crippen LogP contribution in [0, 0.1) is 0 Å². The lowest BCUT2D eigenvalue weighted by Crippen LogP contribution is -2.17. The molecular weight excluding hydrogens is 436 g/mol. The molecule has 0 fully saturated rings. The summed E-state index contributed by atoms with van der Waals surface area (Å²) in [6.07, 6.45) is -9.65. The van der Waals surface area contributed by atoms with Crippen molar-refractivity contribution in [2.24, 2.45) is 12.0 Å². The Morgan fingerprint density at radius 1 is 1.18 bits per heavy atom. The van der Waals surface area contributed by atoms with Gasteiger partial charge in [-0.3, -0.25) is 4.79 Å². The van der Waals surface area contributed by atoms with E-state index in [0.29, 0.717) is 22.9 Å². The predicted molar refractivity (Wildman–Crippen MR) is 85.2 cm³/mol. The van der Waals surface area contributed by atoms with Gasteiger partial charge in [0.1, 0.15) is 0 Å². The molecule has 0 bridgehead atoms. The summed E-state index contributed by atoms with van der Waals surface area (Å²) >= 11 is 0.0259. The molecule has 1 amide bonds. The van der Waals surface area contributed by atoms with Crippen LogP contribution < -0.4 is 4.80 Å². The average molecular weight is 447 g/mol. The van der Waals surface area contributed by atoms with E-state index in [0.717, 1.165) is 7.05 Å². The third-order valence-corrected chi connectivity index (χ3v) is 6.21. The first-order valence-electron chi connectivity index (χ1n) is 7.31. The smallest absolute Gasteiger partial charge is 0.267 e. The van der Waals surface area contributed by atoms with E-state index in [2.05, 4.69) is 10.1 Å². The van der Waals surface area contributed by atoms with Crippen molar-refractivity contribution in [3.63, 3.8) is 0 Å². The van der Waals surface area contributed by atoms with Gasteiger partial charge in [0.25, 0.3) is 5.91 Å². The SMILES string of the molecule is CCS(=O)(=O)c1cc(C(F)(F)F)ccc1C(=O)/N=c1\sc(C(F)(F)F)nn1C. The minimum absolute atomic E-state index is 0.0259. The van der Waals surface area contributed by atoms with Gasteiger partial charge in [0.2, 0.25) is 9.81 Å². The summed E-state index contributed by atoms with van der Waals surface area (Å²) in [5, 5.41) is 1.86. The number of rotatable bonds is 3. The second-order valence-corrected chi connectivity index (χ2v) is 8.54. The number of halogens is 6. The lowest BCUT2D eigenvalue weighted by molar-refractivity contribution is -0.138. The highest BCUT2D eigenvalue weighted by molar-refractivity contribution is 7.91. The van der Waals surface area contributed by atoms with Gasteiger partial charge in [-0.2, -0.15) is 36.4 Å². The fourth-order valence-electron chi connectivity index (χ4n) is 2.00. The van der Waals surface area contributed by atoms with Gasteiger partial charge in [-0.05, 0) is 18.2 Å². The first kappa shape index (κ1) is 22.1. The number of aromatic nitrogens is 2. The topological polar surface area (TPSA) is 81.4 Å². The Morgan fingerprint density at radius 3 is 2.25 bits per heavy atom. The van der Waals surface area contributed by atoms with Gasteiger partial charge in [0.15, 0.2) is 9.84 Å². The highest BCUT2D eigenvalue weighted by Gasteiger charge is 2.36. The zero-order valence-corrected chi connectivity index (χ0v) is 15.7. The molecular formula is C14H11F6N3O3S2. The summed E-state index contributed by atoms with van der Waals surface area (Å²) in [6, 6.07) is 1.42. The Hall–Kier alpha value is -2.22. The largest absolute Gasteiger partial charge is 0.445 e. The number of aryl methyl sites for hydroxylation is 1. The number of amides is 1. The maximum atomic E-state index is 12.9. The zero-order valence-electron chi connectivity index (χ0n) is 14.1. The average Bonchev–Trinajstić information content (AvgIpc) is 2.94. The van der Waals surface area contributed by atoms with Gasteiger partial charge in [-0.15, -0.1) is 0 Å². The van der Waals surface area contributed by atoms with E-state index in [-0.39, 0.29) is 11.3 Å². The van der Waals surface area contributed by atoms with Gasteiger partial charge < -0.3 is 0 Å². The van der Waals surface area contributed by atoms with Crippen LogP contribution in [-0.4, -0.2) is 29.9 Å². The molecule has 0 aliphatic rings. The van der Waals surface area contributed by atoms with Crippen molar-refractivity contribution in [2.75, 3.05) is 5.75 Å². The predicted octanol–water partition coefficient (Wildman–Crippen LogP) is 3.05. The molecule has 0 spiro atoms. The van der Waals surface area contributed by atoms with Gasteiger partial charge in [0, 0.05) is 7.05 Å². The fraction of sp³-hybridized carbons (Fsp3) is 0.357. The van der Waals surface area contributed by atoms with E-state index < -0.39 is 59.7 Å². The Morgan fingerprint density at radius 2 is 1.79 bits per heavy atom. The Labute approximate surface area is 158 Å². The van der Waals surface area contributed by atoms with Gasteiger partial charge in [-0.25, -0.2) is 13.1 Å². The zero-order chi connectivity index (χ0) is 21.5. The summed E-state index contributed by atoms with van der Waals surface area (Å²) in [6.45, 7) is 1.17. The van der Waals surface area contributed by atoms with Crippen LogP contribution >= 0.6 is 11.3 Å². The quantitative estimate of drug-likeness (QED) is 0.678. The minimum atomic E-state index is -4.86. The number of hydrogen-bond acceptors (Lipinski definition) is 5. The monoisotopic (exact) mass is 447 g/mol. The van der Waals surface area contributed by atoms with E-state index in [1.165, 1.54) is 6.92 Å². The Bertz CT molecular complexity index is 1080. The normalized spacial score (nSPS) is 13.8. The Kier molecular flexibility index (Phi) is 5.76. The lowest BCUT2D eigenvalue weighted by atomic mass is 10.1. The molecule has 1 heterocycles. The molecule has 0 unspecified atom stereocenters. The summed E-state index contributed by atoms with van der Waals surface area (Å²) in [5.74, 6) is -1.91. The maximum Gasteiger partial charge on any atom is 0.445 e. The second-order valence-electron chi connectivity index (χ2n) is 5.34. The number of nitrogens with zero attached hydrogens (tertiary/aromatic N) is 3. The van der Waals surface area contributed by atoms with Crippen LogP contribution in [0.15, 0.2) is 28.1 Å². The van der Waals surface area contributed by atoms with Crippen molar-refractivity contribution in [1.29, 1.82) is 0 Å². The van der Waals surface area contributed by atoms with Crippen LogP contribution in [-0.2, 0) is 29.2 Å².